The van der Waals surface area contributed by atoms with Crippen molar-refractivity contribution in [2.75, 3.05) is 13.1 Å². The van der Waals surface area contributed by atoms with E-state index in [2.05, 4.69) is 0 Å². The Labute approximate surface area is 134 Å². The normalized spacial score (nSPS) is 20.6. The smallest absolute Gasteiger partial charge is 0.308 e. The third-order valence-electron chi connectivity index (χ3n) is 4.43. The van der Waals surface area contributed by atoms with Crippen molar-refractivity contribution in [2.24, 2.45) is 5.92 Å². The predicted octanol–water partition coefficient (Wildman–Crippen LogP) is 2.54. The van der Waals surface area contributed by atoms with Crippen molar-refractivity contribution in [3.05, 3.63) is 60.1 Å². The Kier molecular flexibility index (Phi) is 4.46. The van der Waals surface area contributed by atoms with Crippen LogP contribution in [0.15, 0.2) is 53.3 Å². The first kappa shape index (κ1) is 15.3. The van der Waals surface area contributed by atoms with Gasteiger partial charge in [-0.1, -0.05) is 30.3 Å². The number of carbonyl (C=O) groups is 2. The monoisotopic (exact) mass is 313 g/mol. The van der Waals surface area contributed by atoms with E-state index in [1.807, 2.05) is 36.4 Å². The van der Waals surface area contributed by atoms with Crippen molar-refractivity contribution in [3.8, 4) is 0 Å². The summed E-state index contributed by atoms with van der Waals surface area (Å²) in [5, 5.41) is 9.47. The highest BCUT2D eigenvalue weighted by atomic mass is 16.4. The number of likely N-dealkylation sites (tertiary alicyclic amines) is 1. The largest absolute Gasteiger partial charge is 0.481 e. The Morgan fingerprint density at radius 1 is 1.17 bits per heavy atom. The summed E-state index contributed by atoms with van der Waals surface area (Å²) in [6.07, 6.45) is 4.19. The van der Waals surface area contributed by atoms with E-state index < -0.39 is 11.9 Å². The van der Waals surface area contributed by atoms with Crippen molar-refractivity contribution in [1.82, 2.24) is 4.90 Å². The van der Waals surface area contributed by atoms with Crippen molar-refractivity contribution in [3.63, 3.8) is 0 Å². The van der Waals surface area contributed by atoms with Gasteiger partial charge in [-0.25, -0.2) is 0 Å². The Morgan fingerprint density at radius 2 is 1.96 bits per heavy atom. The molecule has 2 unspecified atom stereocenters. The lowest BCUT2D eigenvalue weighted by Gasteiger charge is -2.16. The van der Waals surface area contributed by atoms with Crippen LogP contribution >= 0.6 is 0 Å². The van der Waals surface area contributed by atoms with Gasteiger partial charge in [0.25, 0.3) is 0 Å². The van der Waals surface area contributed by atoms with Crippen LogP contribution in [0.3, 0.4) is 0 Å². The number of hydrogen-bond donors (Lipinski definition) is 1. The minimum Gasteiger partial charge on any atom is -0.481 e. The number of furan rings is 1. The Hall–Kier alpha value is -2.56. The highest BCUT2D eigenvalue weighted by molar-refractivity contribution is 5.79. The molecule has 0 radical (unpaired) electrons. The summed E-state index contributed by atoms with van der Waals surface area (Å²) in [7, 11) is 0. The Morgan fingerprint density at radius 3 is 2.61 bits per heavy atom. The summed E-state index contributed by atoms with van der Waals surface area (Å²) in [5.74, 6) is -1.54. The van der Waals surface area contributed by atoms with Gasteiger partial charge in [0.05, 0.1) is 18.4 Å². The lowest BCUT2D eigenvalue weighted by Crippen LogP contribution is -2.30. The molecule has 3 rings (SSSR count). The van der Waals surface area contributed by atoms with Gasteiger partial charge < -0.3 is 14.4 Å². The van der Waals surface area contributed by atoms with Crippen molar-refractivity contribution in [1.29, 1.82) is 0 Å². The molecule has 120 valence electrons. The molecule has 1 aliphatic rings. The van der Waals surface area contributed by atoms with Gasteiger partial charge in [0.2, 0.25) is 5.91 Å². The van der Waals surface area contributed by atoms with Crippen LogP contribution in [-0.4, -0.2) is 35.0 Å². The molecule has 0 aliphatic carbocycles. The molecule has 0 saturated carbocycles. The van der Waals surface area contributed by atoms with Gasteiger partial charge in [0, 0.05) is 25.4 Å². The molecular weight excluding hydrogens is 294 g/mol. The van der Waals surface area contributed by atoms with Crippen LogP contribution in [0.4, 0.5) is 0 Å². The summed E-state index contributed by atoms with van der Waals surface area (Å²) in [6.45, 7) is 0.740. The molecule has 5 heteroatoms. The molecule has 1 saturated heterocycles. The standard InChI is InChI=1S/C18H19NO4/c20-17(7-6-13-8-9-23-12-13)19-10-15(16(11-19)18(21)22)14-4-2-1-3-5-14/h1-5,8-9,12,15-16H,6-7,10-11H2,(H,21,22). The molecule has 1 aromatic heterocycles. The minimum atomic E-state index is -0.844. The number of aliphatic carboxylic acids is 1. The molecule has 2 atom stereocenters. The predicted molar refractivity (Wildman–Crippen MR) is 83.9 cm³/mol. The van der Waals surface area contributed by atoms with Crippen molar-refractivity contribution in [2.45, 2.75) is 18.8 Å². The number of carboxylic acids is 1. The minimum absolute atomic E-state index is 0.00381. The van der Waals surface area contributed by atoms with Crippen LogP contribution in [-0.2, 0) is 16.0 Å². The Bertz CT molecular complexity index is 666. The van der Waals surface area contributed by atoms with Crippen molar-refractivity contribution < 1.29 is 19.1 Å². The number of benzene rings is 1. The lowest BCUT2D eigenvalue weighted by atomic mass is 9.89. The number of nitrogens with zero attached hydrogens (tertiary/aromatic N) is 1. The molecule has 1 aromatic carbocycles. The van der Waals surface area contributed by atoms with E-state index in [-0.39, 0.29) is 18.4 Å². The summed E-state index contributed by atoms with van der Waals surface area (Å²) in [6, 6.07) is 11.4. The average Bonchev–Trinajstić information content (AvgIpc) is 3.23. The first-order valence-electron chi connectivity index (χ1n) is 7.71. The van der Waals surface area contributed by atoms with Crippen LogP contribution in [0.1, 0.15) is 23.5 Å². The third-order valence-corrected chi connectivity index (χ3v) is 4.43. The quantitative estimate of drug-likeness (QED) is 0.921. The molecule has 5 nitrogen and oxygen atoms in total. The van der Waals surface area contributed by atoms with Crippen molar-refractivity contribution >= 4 is 11.9 Å². The van der Waals surface area contributed by atoms with Crippen LogP contribution in [0.5, 0.6) is 0 Å². The first-order valence-corrected chi connectivity index (χ1v) is 7.71. The fraction of sp³-hybridized carbons (Fsp3) is 0.333. The summed E-state index contributed by atoms with van der Waals surface area (Å²) < 4.78 is 4.99. The second-order valence-corrected chi connectivity index (χ2v) is 5.89. The maximum absolute atomic E-state index is 12.4. The summed E-state index contributed by atoms with van der Waals surface area (Å²) in [4.78, 5) is 25.6. The van der Waals surface area contributed by atoms with Gasteiger partial charge in [0.1, 0.15) is 0 Å². The van der Waals surface area contributed by atoms with E-state index in [0.717, 1.165) is 11.1 Å². The fourth-order valence-corrected chi connectivity index (χ4v) is 3.14. The van der Waals surface area contributed by atoms with Gasteiger partial charge in [0.15, 0.2) is 0 Å². The SMILES string of the molecule is O=C(O)C1CN(C(=O)CCc2ccoc2)CC1c1ccccc1. The molecule has 0 bridgehead atoms. The van der Waals surface area contributed by atoms with E-state index >= 15 is 0 Å². The van der Waals surface area contributed by atoms with Gasteiger partial charge in [-0.2, -0.15) is 0 Å². The van der Waals surface area contributed by atoms with Crippen LogP contribution in [0, 0.1) is 5.92 Å². The highest BCUT2D eigenvalue weighted by Crippen LogP contribution is 2.33. The van der Waals surface area contributed by atoms with Crippen LogP contribution < -0.4 is 0 Å². The first-order chi connectivity index (χ1) is 11.1. The molecule has 1 N–H and O–H groups in total. The number of amides is 1. The summed E-state index contributed by atoms with van der Waals surface area (Å²) in [5.41, 5.74) is 1.96. The maximum atomic E-state index is 12.4. The fourth-order valence-electron chi connectivity index (χ4n) is 3.14. The molecule has 1 fully saturated rings. The molecule has 23 heavy (non-hydrogen) atoms. The third kappa shape index (κ3) is 3.44. The molecule has 2 aromatic rings. The summed E-state index contributed by atoms with van der Waals surface area (Å²) >= 11 is 0. The number of hydrogen-bond acceptors (Lipinski definition) is 3. The lowest BCUT2D eigenvalue weighted by molar-refractivity contribution is -0.141. The van der Waals surface area contributed by atoms with E-state index in [1.54, 1.807) is 17.4 Å². The van der Waals surface area contributed by atoms with E-state index in [1.165, 1.54) is 0 Å². The molecule has 0 spiro atoms. The number of aryl methyl sites for hydroxylation is 1. The van der Waals surface area contributed by atoms with E-state index in [4.69, 9.17) is 4.42 Å². The number of carbonyl (C=O) groups excluding carboxylic acids is 1. The highest BCUT2D eigenvalue weighted by Gasteiger charge is 2.40. The molecule has 1 amide bonds. The molecule has 2 heterocycles. The zero-order valence-corrected chi connectivity index (χ0v) is 12.7. The number of rotatable bonds is 5. The van der Waals surface area contributed by atoms with Gasteiger partial charge in [-0.15, -0.1) is 0 Å². The second-order valence-electron chi connectivity index (χ2n) is 5.89. The van der Waals surface area contributed by atoms with Gasteiger partial charge >= 0.3 is 5.97 Å². The van der Waals surface area contributed by atoms with E-state index in [0.29, 0.717) is 19.4 Å². The zero-order valence-electron chi connectivity index (χ0n) is 12.7. The number of carboxylic acid groups (broad SMARTS) is 1. The Balaban J connectivity index is 1.67. The second kappa shape index (κ2) is 6.69. The average molecular weight is 313 g/mol. The zero-order chi connectivity index (χ0) is 16.2. The molecular formula is C18H19NO4. The van der Waals surface area contributed by atoms with E-state index in [9.17, 15) is 14.7 Å². The van der Waals surface area contributed by atoms with Gasteiger partial charge in [-0.05, 0) is 23.6 Å². The molecule has 1 aliphatic heterocycles. The van der Waals surface area contributed by atoms with Crippen LogP contribution in [0.2, 0.25) is 0 Å². The van der Waals surface area contributed by atoms with Gasteiger partial charge in [-0.3, -0.25) is 9.59 Å². The maximum Gasteiger partial charge on any atom is 0.308 e. The topological polar surface area (TPSA) is 70.8 Å². The van der Waals surface area contributed by atoms with Crippen LogP contribution in [0.25, 0.3) is 0 Å².